The van der Waals surface area contributed by atoms with Crippen LogP contribution >= 0.6 is 24.0 Å². The van der Waals surface area contributed by atoms with Crippen LogP contribution in [0.15, 0.2) is 54.7 Å². The van der Waals surface area contributed by atoms with Crippen LogP contribution in [-0.4, -0.2) is 69.8 Å². The summed E-state index contributed by atoms with van der Waals surface area (Å²) in [5, 5.41) is 9.93. The summed E-state index contributed by atoms with van der Waals surface area (Å²) in [4.78, 5) is 25.3. The van der Waals surface area contributed by atoms with E-state index in [9.17, 15) is 9.90 Å². The number of aromatic nitrogens is 3. The van der Waals surface area contributed by atoms with Crippen molar-refractivity contribution in [1.82, 2.24) is 19.4 Å². The van der Waals surface area contributed by atoms with Crippen LogP contribution in [0.5, 0.6) is 5.75 Å². The molecule has 0 atom stereocenters. The first kappa shape index (κ1) is 31.6. The standard InChI is InChI=1S/C32H35ClN6O4.ClH/c1-37-18-22(16-28(37)31(40)41)19-42-15-14-38-10-12-39(13-11-38)30-27-8-4-23-17-25(43-20-21-2-5-24(33)6-3-21)7-9-26(23)29(27)35-32(34)36-30;/h2-3,5-7,9,16-18H,4,8,10-15,19-20H2,1H3,(H,40,41)(H2,34,35,36);1H. The van der Waals surface area contributed by atoms with Crippen molar-refractivity contribution in [2.45, 2.75) is 26.1 Å². The molecule has 0 spiro atoms. The Bertz CT molecular complexity index is 1620. The van der Waals surface area contributed by atoms with Gasteiger partial charge >= 0.3 is 5.97 Å². The molecule has 12 heteroatoms. The van der Waals surface area contributed by atoms with Gasteiger partial charge in [0.05, 0.1) is 18.9 Å². The number of carboxylic acids is 1. The Balaban J connectivity index is 0.00000384. The molecular weight excluding hydrogens is 603 g/mol. The highest BCUT2D eigenvalue weighted by Gasteiger charge is 2.27. The lowest BCUT2D eigenvalue weighted by Gasteiger charge is -2.37. The van der Waals surface area contributed by atoms with Gasteiger partial charge in [0.15, 0.2) is 0 Å². The van der Waals surface area contributed by atoms with Crippen molar-refractivity contribution < 1.29 is 19.4 Å². The molecule has 0 unspecified atom stereocenters. The Morgan fingerprint density at radius 3 is 2.50 bits per heavy atom. The van der Waals surface area contributed by atoms with Crippen LogP contribution in [0.4, 0.5) is 11.8 Å². The number of benzene rings is 2. The van der Waals surface area contributed by atoms with E-state index >= 15 is 0 Å². The molecule has 232 valence electrons. The summed E-state index contributed by atoms with van der Waals surface area (Å²) < 4.78 is 13.5. The van der Waals surface area contributed by atoms with Crippen molar-refractivity contribution in [3.05, 3.63) is 87.7 Å². The molecule has 1 fully saturated rings. The molecule has 3 heterocycles. The van der Waals surface area contributed by atoms with Crippen LogP contribution in [0.25, 0.3) is 11.3 Å². The van der Waals surface area contributed by atoms with Gasteiger partial charge in [-0.15, -0.1) is 12.4 Å². The number of carboxylic acid groups (broad SMARTS) is 1. The lowest BCUT2D eigenvalue weighted by Crippen LogP contribution is -2.48. The van der Waals surface area contributed by atoms with Gasteiger partial charge in [-0.2, -0.15) is 4.98 Å². The van der Waals surface area contributed by atoms with E-state index in [1.165, 1.54) is 5.56 Å². The third-order valence-electron chi connectivity index (χ3n) is 8.07. The van der Waals surface area contributed by atoms with Crippen molar-refractivity contribution in [2.75, 3.05) is 50.0 Å². The number of hydrogen-bond donors (Lipinski definition) is 2. The molecule has 0 saturated carbocycles. The van der Waals surface area contributed by atoms with Crippen molar-refractivity contribution in [3.63, 3.8) is 0 Å². The summed E-state index contributed by atoms with van der Waals surface area (Å²) in [6.07, 6.45) is 3.52. The van der Waals surface area contributed by atoms with Crippen LogP contribution in [-0.2, 0) is 37.8 Å². The number of nitrogens with two attached hydrogens (primary N) is 1. The Morgan fingerprint density at radius 1 is 1.00 bits per heavy atom. The minimum absolute atomic E-state index is 0. The van der Waals surface area contributed by atoms with Gasteiger partial charge in [0, 0.05) is 62.1 Å². The van der Waals surface area contributed by atoms with Crippen LogP contribution in [0.1, 0.15) is 32.7 Å². The highest BCUT2D eigenvalue weighted by Crippen LogP contribution is 2.38. The number of aryl methyl sites for hydroxylation is 2. The quantitative estimate of drug-likeness (QED) is 0.235. The first-order valence-electron chi connectivity index (χ1n) is 14.4. The second-order valence-electron chi connectivity index (χ2n) is 11.0. The molecule has 6 rings (SSSR count). The Hall–Kier alpha value is -3.83. The van der Waals surface area contributed by atoms with E-state index in [1.54, 1.807) is 23.9 Å². The van der Waals surface area contributed by atoms with Crippen LogP contribution < -0.4 is 15.4 Å². The van der Waals surface area contributed by atoms with E-state index in [0.717, 1.165) is 85.1 Å². The highest BCUT2D eigenvalue weighted by atomic mass is 35.5. The number of ether oxygens (including phenoxy) is 2. The number of carbonyl (C=O) groups is 1. The number of rotatable bonds is 10. The number of nitrogens with zero attached hydrogens (tertiary/aromatic N) is 5. The maximum absolute atomic E-state index is 11.2. The maximum atomic E-state index is 11.2. The normalized spacial score (nSPS) is 14.5. The van der Waals surface area contributed by atoms with Crippen LogP contribution in [0.2, 0.25) is 5.02 Å². The average Bonchev–Trinajstić information content (AvgIpc) is 3.39. The minimum Gasteiger partial charge on any atom is -0.489 e. The third kappa shape index (κ3) is 7.10. The molecule has 1 aliphatic heterocycles. The lowest BCUT2D eigenvalue weighted by molar-refractivity contribution is 0.0686. The predicted octanol–water partition coefficient (Wildman–Crippen LogP) is 4.85. The second kappa shape index (κ2) is 13.9. The molecule has 44 heavy (non-hydrogen) atoms. The van der Waals surface area contributed by atoms with Gasteiger partial charge in [-0.05, 0) is 65.9 Å². The first-order valence-corrected chi connectivity index (χ1v) is 14.8. The molecule has 10 nitrogen and oxygen atoms in total. The summed E-state index contributed by atoms with van der Waals surface area (Å²) in [5.41, 5.74) is 12.8. The van der Waals surface area contributed by atoms with Crippen molar-refractivity contribution >= 4 is 41.7 Å². The number of piperazine rings is 1. The molecular formula is C32H36Cl2N6O4. The van der Waals surface area contributed by atoms with Gasteiger partial charge in [-0.3, -0.25) is 4.90 Å². The van der Waals surface area contributed by atoms with Gasteiger partial charge in [0.25, 0.3) is 0 Å². The van der Waals surface area contributed by atoms with E-state index in [1.807, 2.05) is 30.3 Å². The van der Waals surface area contributed by atoms with Gasteiger partial charge in [-0.1, -0.05) is 23.7 Å². The molecule has 0 bridgehead atoms. The van der Waals surface area contributed by atoms with Gasteiger partial charge in [0.2, 0.25) is 5.95 Å². The zero-order valence-corrected chi connectivity index (χ0v) is 26.1. The van der Waals surface area contributed by atoms with E-state index < -0.39 is 5.97 Å². The number of aromatic carboxylic acids is 1. The monoisotopic (exact) mass is 638 g/mol. The van der Waals surface area contributed by atoms with Crippen molar-refractivity contribution in [3.8, 4) is 17.0 Å². The smallest absolute Gasteiger partial charge is 0.352 e. The Morgan fingerprint density at radius 2 is 1.77 bits per heavy atom. The fourth-order valence-corrected chi connectivity index (χ4v) is 5.93. The second-order valence-corrected chi connectivity index (χ2v) is 11.4. The van der Waals surface area contributed by atoms with Crippen molar-refractivity contribution in [2.24, 2.45) is 7.05 Å². The van der Waals surface area contributed by atoms with E-state index in [2.05, 4.69) is 26.9 Å². The van der Waals surface area contributed by atoms with Gasteiger partial charge in [0.1, 0.15) is 23.9 Å². The summed E-state index contributed by atoms with van der Waals surface area (Å²) >= 11 is 6.00. The number of fused-ring (bicyclic) bond motifs is 3. The minimum atomic E-state index is -0.938. The molecule has 2 aromatic carbocycles. The summed E-state index contributed by atoms with van der Waals surface area (Å²) in [6, 6.07) is 15.5. The highest BCUT2D eigenvalue weighted by molar-refractivity contribution is 6.30. The fraction of sp³-hybridized carbons (Fsp3) is 0.344. The molecule has 4 aromatic rings. The fourth-order valence-electron chi connectivity index (χ4n) is 5.80. The van der Waals surface area contributed by atoms with E-state index in [0.29, 0.717) is 24.8 Å². The molecule has 2 aliphatic rings. The largest absolute Gasteiger partial charge is 0.489 e. The molecule has 0 radical (unpaired) electrons. The molecule has 1 aliphatic carbocycles. The lowest BCUT2D eigenvalue weighted by atomic mass is 9.88. The number of nitrogen functional groups attached to an aromatic ring is 1. The van der Waals surface area contributed by atoms with Crippen molar-refractivity contribution in [1.29, 1.82) is 0 Å². The van der Waals surface area contributed by atoms with Crippen LogP contribution in [0, 0.1) is 0 Å². The SMILES string of the molecule is Cl.Cn1cc(COCCN2CCN(c3nc(N)nc4c3CCc3cc(OCc5ccc(Cl)cc5)ccc3-4)CC2)cc1C(=O)O. The average molecular weight is 640 g/mol. The Kier molecular flexibility index (Phi) is 9.95. The third-order valence-corrected chi connectivity index (χ3v) is 8.32. The number of anilines is 2. The summed E-state index contributed by atoms with van der Waals surface area (Å²) in [6.45, 7) is 5.72. The molecule has 1 saturated heterocycles. The van der Waals surface area contributed by atoms with Gasteiger partial charge < -0.3 is 29.8 Å². The van der Waals surface area contributed by atoms with Gasteiger partial charge in [-0.25, -0.2) is 9.78 Å². The topological polar surface area (TPSA) is 119 Å². The van der Waals surface area contributed by atoms with E-state index in [4.69, 9.17) is 31.8 Å². The number of hydrogen-bond acceptors (Lipinski definition) is 8. The molecule has 3 N–H and O–H groups in total. The molecule has 2 aromatic heterocycles. The maximum Gasteiger partial charge on any atom is 0.352 e. The Labute approximate surface area is 267 Å². The molecule has 0 amide bonds. The summed E-state index contributed by atoms with van der Waals surface area (Å²) in [7, 11) is 1.73. The number of halogens is 2. The van der Waals surface area contributed by atoms with E-state index in [-0.39, 0.29) is 24.0 Å². The van der Waals surface area contributed by atoms with Crippen LogP contribution in [0.3, 0.4) is 0 Å². The first-order chi connectivity index (χ1) is 20.8. The predicted molar refractivity (Wildman–Crippen MR) is 173 cm³/mol. The zero-order valence-electron chi connectivity index (χ0n) is 24.5. The zero-order chi connectivity index (χ0) is 29.9. The summed E-state index contributed by atoms with van der Waals surface area (Å²) in [5.74, 6) is 1.11.